The van der Waals surface area contributed by atoms with Crippen molar-refractivity contribution in [2.45, 2.75) is 6.92 Å². The van der Waals surface area contributed by atoms with Crippen LogP contribution >= 0.6 is 0 Å². The van der Waals surface area contributed by atoms with Gasteiger partial charge in [0, 0.05) is 6.07 Å². The molecule has 0 bridgehead atoms. The minimum atomic E-state index is -2.75. The summed E-state index contributed by atoms with van der Waals surface area (Å²) in [4.78, 5) is 11.3. The first-order chi connectivity index (χ1) is 8.48. The molecule has 0 aromatic heterocycles. The maximum Gasteiger partial charge on any atom is 0.163 e. The van der Waals surface area contributed by atoms with Crippen molar-refractivity contribution in [3.8, 4) is 11.5 Å². The Morgan fingerprint density at radius 1 is 1.38 bits per heavy atom. The number of carbonyl (C=O) groups excluding carboxylic acids is 1. The summed E-state index contributed by atoms with van der Waals surface area (Å²) in [5, 5.41) is 0. The van der Waals surface area contributed by atoms with Crippen LogP contribution in [0, 0.1) is 0 Å². The summed E-state index contributed by atoms with van der Waals surface area (Å²) in [5.74, 6) is -0.752. The van der Waals surface area contributed by atoms with Crippen LogP contribution in [0.25, 0.3) is 0 Å². The molecule has 0 unspecified atom stereocenters. The molecule has 0 N–H and O–H groups in total. The number of Topliss-reactive ketones (excluding diaryl/α,β-unsaturated/α-hetero) is 1. The number of methoxy groups -OCH3 is 2. The Morgan fingerprint density at radius 3 is 2.77 bits per heavy atom. The fourth-order valence-electron chi connectivity index (χ4n) is 0.941. The number of hydrogen-bond acceptors (Lipinski definition) is 3. The molecule has 0 aliphatic heterocycles. The fraction of sp³-hybridized carbons (Fsp3) is 0.300. The lowest BCUT2D eigenvalue weighted by molar-refractivity contribution is 0.101. The minimum absolute atomic E-state index is 0.0361. The standard InChI is InChI=1S/C10H12O3/c1-7(11)9-5-4-8(12-2)6-10(9)13-3/h4-6H,1-3H3/i2D3,3D3. The van der Waals surface area contributed by atoms with Crippen LogP contribution < -0.4 is 9.47 Å². The molecular weight excluding hydrogens is 168 g/mol. The van der Waals surface area contributed by atoms with Crippen LogP contribution in [0.1, 0.15) is 25.5 Å². The van der Waals surface area contributed by atoms with E-state index in [1.807, 2.05) is 0 Å². The average Bonchev–Trinajstić information content (AvgIpc) is 2.11. The van der Waals surface area contributed by atoms with E-state index in [0.29, 0.717) is 0 Å². The van der Waals surface area contributed by atoms with E-state index in [-0.39, 0.29) is 17.1 Å². The number of carbonyl (C=O) groups is 1. The Hall–Kier alpha value is -1.51. The van der Waals surface area contributed by atoms with Gasteiger partial charge >= 0.3 is 0 Å². The van der Waals surface area contributed by atoms with E-state index in [0.717, 1.165) is 6.07 Å². The molecule has 0 saturated carbocycles. The zero-order chi connectivity index (χ0) is 14.8. The van der Waals surface area contributed by atoms with Crippen LogP contribution in [0.2, 0.25) is 0 Å². The normalized spacial score (nSPS) is 18.2. The van der Waals surface area contributed by atoms with Crippen molar-refractivity contribution < 1.29 is 22.5 Å². The van der Waals surface area contributed by atoms with Crippen molar-refractivity contribution in [1.29, 1.82) is 0 Å². The first-order valence-corrected chi connectivity index (χ1v) is 3.51. The van der Waals surface area contributed by atoms with E-state index < -0.39 is 19.9 Å². The van der Waals surface area contributed by atoms with E-state index in [9.17, 15) is 4.79 Å². The van der Waals surface area contributed by atoms with Crippen LogP contribution in [-0.4, -0.2) is 19.9 Å². The van der Waals surface area contributed by atoms with E-state index >= 15 is 0 Å². The van der Waals surface area contributed by atoms with Gasteiger partial charge in [0.2, 0.25) is 0 Å². The molecule has 0 aliphatic rings. The number of ether oxygens (including phenoxy) is 2. The van der Waals surface area contributed by atoms with E-state index in [4.69, 9.17) is 8.22 Å². The van der Waals surface area contributed by atoms with Gasteiger partial charge in [-0.15, -0.1) is 0 Å². The smallest absolute Gasteiger partial charge is 0.163 e. The van der Waals surface area contributed by atoms with Gasteiger partial charge in [-0.1, -0.05) is 0 Å². The minimum Gasteiger partial charge on any atom is -0.497 e. The van der Waals surface area contributed by atoms with Gasteiger partial charge in [-0.2, -0.15) is 0 Å². The van der Waals surface area contributed by atoms with Crippen molar-refractivity contribution in [1.82, 2.24) is 0 Å². The maximum absolute atomic E-state index is 11.3. The molecule has 0 atom stereocenters. The molecule has 0 radical (unpaired) electrons. The van der Waals surface area contributed by atoms with Crippen molar-refractivity contribution in [2.24, 2.45) is 0 Å². The van der Waals surface area contributed by atoms with Gasteiger partial charge in [-0.05, 0) is 19.1 Å². The molecule has 3 heteroatoms. The lowest BCUT2D eigenvalue weighted by Crippen LogP contribution is -1.97. The highest BCUT2D eigenvalue weighted by atomic mass is 16.5. The molecule has 1 aromatic rings. The summed E-state index contributed by atoms with van der Waals surface area (Å²) in [6.45, 7) is 1.24. The van der Waals surface area contributed by atoms with Gasteiger partial charge in [-0.3, -0.25) is 4.79 Å². The SMILES string of the molecule is [2H]C([2H])([2H])Oc1ccc(C(C)=O)c(OC([2H])([2H])[2H])c1. The molecule has 0 fully saturated rings. The maximum atomic E-state index is 11.3. The highest BCUT2D eigenvalue weighted by Gasteiger charge is 2.08. The van der Waals surface area contributed by atoms with Gasteiger partial charge in [0.05, 0.1) is 27.9 Å². The Bertz CT molecular complexity index is 477. The Labute approximate surface area is 85.7 Å². The first kappa shape index (κ1) is 4.13. The summed E-state index contributed by atoms with van der Waals surface area (Å²) in [5.41, 5.74) is 0.0361. The monoisotopic (exact) mass is 186 g/mol. The highest BCUT2D eigenvalue weighted by Crippen LogP contribution is 2.24. The molecule has 0 spiro atoms. The lowest BCUT2D eigenvalue weighted by Gasteiger charge is -2.07. The third kappa shape index (κ3) is 1.99. The van der Waals surface area contributed by atoms with Crippen LogP contribution in [0.5, 0.6) is 11.5 Å². The lowest BCUT2D eigenvalue weighted by atomic mass is 10.1. The number of ketones is 1. The molecular formula is C10H12O3. The van der Waals surface area contributed by atoms with E-state index in [2.05, 4.69) is 9.47 Å². The Morgan fingerprint density at radius 2 is 2.15 bits per heavy atom. The van der Waals surface area contributed by atoms with Gasteiger partial charge in [0.1, 0.15) is 11.5 Å². The topological polar surface area (TPSA) is 35.5 Å². The van der Waals surface area contributed by atoms with Crippen LogP contribution in [-0.2, 0) is 0 Å². The second-order valence-electron chi connectivity index (χ2n) is 2.42. The van der Waals surface area contributed by atoms with Crippen LogP contribution in [0.4, 0.5) is 0 Å². The first-order valence-electron chi connectivity index (χ1n) is 6.51. The Balaban J connectivity index is 3.15. The van der Waals surface area contributed by atoms with Gasteiger partial charge in [0.15, 0.2) is 5.78 Å². The summed E-state index contributed by atoms with van der Waals surface area (Å²) in [6, 6.07) is 3.58. The number of rotatable bonds is 3. The third-order valence-electron chi connectivity index (χ3n) is 1.56. The van der Waals surface area contributed by atoms with Crippen molar-refractivity contribution in [2.75, 3.05) is 14.1 Å². The van der Waals surface area contributed by atoms with Crippen LogP contribution in [0.3, 0.4) is 0 Å². The quantitative estimate of drug-likeness (QED) is 0.676. The van der Waals surface area contributed by atoms with Gasteiger partial charge in [0.25, 0.3) is 0 Å². The molecule has 70 valence electrons. The van der Waals surface area contributed by atoms with Crippen molar-refractivity contribution >= 4 is 5.78 Å². The highest BCUT2D eigenvalue weighted by molar-refractivity contribution is 5.97. The third-order valence-corrected chi connectivity index (χ3v) is 1.56. The second kappa shape index (κ2) is 3.94. The van der Waals surface area contributed by atoms with Crippen molar-refractivity contribution in [3.05, 3.63) is 23.8 Å². The van der Waals surface area contributed by atoms with Crippen molar-refractivity contribution in [3.63, 3.8) is 0 Å². The van der Waals surface area contributed by atoms with Gasteiger partial charge in [-0.25, -0.2) is 0 Å². The zero-order valence-corrected chi connectivity index (χ0v) is 6.96. The molecule has 0 saturated heterocycles. The van der Waals surface area contributed by atoms with E-state index in [1.54, 1.807) is 0 Å². The second-order valence-corrected chi connectivity index (χ2v) is 2.42. The average molecular weight is 186 g/mol. The fourth-order valence-corrected chi connectivity index (χ4v) is 0.941. The molecule has 1 rings (SSSR count). The molecule has 1 aromatic carbocycles. The predicted octanol–water partition coefficient (Wildman–Crippen LogP) is 1.91. The van der Waals surface area contributed by atoms with E-state index in [1.165, 1.54) is 19.1 Å². The summed E-state index contributed by atoms with van der Waals surface area (Å²) in [7, 11) is -5.42. The molecule has 3 nitrogen and oxygen atoms in total. The molecule has 0 aliphatic carbocycles. The molecule has 0 heterocycles. The summed E-state index contributed by atoms with van der Waals surface area (Å²) in [6.07, 6.45) is 0. The van der Waals surface area contributed by atoms with Gasteiger partial charge < -0.3 is 9.47 Å². The predicted molar refractivity (Wildman–Crippen MR) is 49.6 cm³/mol. The van der Waals surface area contributed by atoms with Crippen LogP contribution in [0.15, 0.2) is 18.2 Å². The molecule has 0 amide bonds. The molecule has 13 heavy (non-hydrogen) atoms. The summed E-state index contributed by atoms with van der Waals surface area (Å²) < 4.78 is 51.1. The number of hydrogen-bond donors (Lipinski definition) is 0. The largest absolute Gasteiger partial charge is 0.497 e. The Kier molecular flexibility index (Phi) is 1.25. The zero-order valence-electron chi connectivity index (χ0n) is 13.0. The summed E-state index contributed by atoms with van der Waals surface area (Å²) >= 11 is 0. The number of benzene rings is 1.